The highest BCUT2D eigenvalue weighted by molar-refractivity contribution is 6.44. The summed E-state index contributed by atoms with van der Waals surface area (Å²) in [5, 5.41) is 3.19. The lowest BCUT2D eigenvalue weighted by atomic mass is 10.1. The van der Waals surface area contributed by atoms with Gasteiger partial charge in [0.2, 0.25) is 0 Å². The van der Waals surface area contributed by atoms with Gasteiger partial charge in [0.1, 0.15) is 0 Å². The van der Waals surface area contributed by atoms with E-state index in [0.717, 1.165) is 10.9 Å². The third kappa shape index (κ3) is 1.90. The zero-order chi connectivity index (χ0) is 13.3. The maximum Gasteiger partial charge on any atom is 0.292 e. The number of Topliss-reactive ketones (excluding diaryl/α,β-unsaturated/α-hetero) is 1. The summed E-state index contributed by atoms with van der Waals surface area (Å²) in [5.74, 6) is -1.07. The molecule has 0 saturated heterocycles. The standard InChI is InChI=1S/C14H16N2O2/c1-9(2)16-8-11(13(17)14(18)15-3)10-6-4-5-7-12(10)16/h4-9H,1-3H3,(H,15,18). The van der Waals surface area contributed by atoms with Crippen LogP contribution < -0.4 is 5.32 Å². The Bertz CT molecular complexity index is 611. The smallest absolute Gasteiger partial charge is 0.292 e. The largest absolute Gasteiger partial charge is 0.352 e. The molecule has 0 aliphatic carbocycles. The molecule has 1 amide bonds. The first-order valence-electron chi connectivity index (χ1n) is 5.92. The van der Waals surface area contributed by atoms with Gasteiger partial charge in [-0.2, -0.15) is 0 Å². The van der Waals surface area contributed by atoms with Crippen LogP contribution in [0.4, 0.5) is 0 Å². The molecule has 0 atom stereocenters. The fourth-order valence-corrected chi connectivity index (χ4v) is 2.05. The van der Waals surface area contributed by atoms with Crippen LogP contribution in [0.3, 0.4) is 0 Å². The summed E-state index contributed by atoms with van der Waals surface area (Å²) in [6, 6.07) is 7.85. The number of aromatic nitrogens is 1. The second kappa shape index (κ2) is 4.64. The lowest BCUT2D eigenvalue weighted by molar-refractivity contribution is -0.116. The predicted molar refractivity (Wildman–Crippen MR) is 70.7 cm³/mol. The van der Waals surface area contributed by atoms with Crippen LogP contribution in [0.5, 0.6) is 0 Å². The summed E-state index contributed by atoms with van der Waals surface area (Å²) in [4.78, 5) is 23.5. The zero-order valence-electron chi connectivity index (χ0n) is 10.7. The van der Waals surface area contributed by atoms with Crippen molar-refractivity contribution in [3.63, 3.8) is 0 Å². The SMILES string of the molecule is CNC(=O)C(=O)c1cn(C(C)C)c2ccccc12. The normalized spacial score (nSPS) is 10.9. The summed E-state index contributed by atoms with van der Waals surface area (Å²) in [6.45, 7) is 4.08. The second-order valence-corrected chi connectivity index (χ2v) is 4.47. The van der Waals surface area contributed by atoms with Gasteiger partial charge in [-0.3, -0.25) is 9.59 Å². The van der Waals surface area contributed by atoms with Gasteiger partial charge in [-0.15, -0.1) is 0 Å². The molecule has 0 spiro atoms. The van der Waals surface area contributed by atoms with E-state index < -0.39 is 11.7 Å². The minimum absolute atomic E-state index is 0.237. The number of likely N-dealkylation sites (N-methyl/N-ethyl adjacent to an activating group) is 1. The molecule has 1 aromatic carbocycles. The minimum atomic E-state index is -0.582. The number of ketones is 1. The van der Waals surface area contributed by atoms with Crippen LogP contribution in [0.1, 0.15) is 30.2 Å². The predicted octanol–water partition coefficient (Wildman–Crippen LogP) is 2.15. The summed E-state index contributed by atoms with van der Waals surface area (Å²) < 4.78 is 2.01. The second-order valence-electron chi connectivity index (χ2n) is 4.47. The van der Waals surface area contributed by atoms with Gasteiger partial charge in [-0.05, 0) is 19.9 Å². The number of para-hydroxylation sites is 1. The van der Waals surface area contributed by atoms with Crippen LogP contribution in [-0.2, 0) is 4.79 Å². The van der Waals surface area contributed by atoms with Crippen molar-refractivity contribution >= 4 is 22.6 Å². The quantitative estimate of drug-likeness (QED) is 0.664. The molecular formula is C14H16N2O2. The highest BCUT2D eigenvalue weighted by Crippen LogP contribution is 2.24. The first-order chi connectivity index (χ1) is 8.56. The Labute approximate surface area is 106 Å². The Balaban J connectivity index is 2.65. The van der Waals surface area contributed by atoms with E-state index in [4.69, 9.17) is 0 Å². The number of fused-ring (bicyclic) bond motifs is 1. The molecule has 1 N–H and O–H groups in total. The number of nitrogens with zero attached hydrogens (tertiary/aromatic N) is 1. The van der Waals surface area contributed by atoms with Gasteiger partial charge >= 0.3 is 0 Å². The maximum atomic E-state index is 12.0. The van der Waals surface area contributed by atoms with Crippen molar-refractivity contribution in [2.75, 3.05) is 7.05 Å². The molecule has 2 rings (SSSR count). The highest BCUT2D eigenvalue weighted by Gasteiger charge is 2.20. The molecular weight excluding hydrogens is 228 g/mol. The van der Waals surface area contributed by atoms with Crippen LogP contribution >= 0.6 is 0 Å². The van der Waals surface area contributed by atoms with E-state index in [9.17, 15) is 9.59 Å². The summed E-state index contributed by atoms with van der Waals surface area (Å²) >= 11 is 0. The molecule has 1 heterocycles. The summed E-state index contributed by atoms with van der Waals surface area (Å²) in [6.07, 6.45) is 1.76. The first-order valence-corrected chi connectivity index (χ1v) is 5.92. The molecule has 94 valence electrons. The highest BCUT2D eigenvalue weighted by atomic mass is 16.2. The van der Waals surface area contributed by atoms with Crippen molar-refractivity contribution in [1.29, 1.82) is 0 Å². The van der Waals surface area contributed by atoms with E-state index in [0.29, 0.717) is 5.56 Å². The molecule has 0 aliphatic heterocycles. The molecule has 0 unspecified atom stereocenters. The van der Waals surface area contributed by atoms with Crippen molar-refractivity contribution in [2.24, 2.45) is 0 Å². The van der Waals surface area contributed by atoms with Gasteiger partial charge < -0.3 is 9.88 Å². The van der Waals surface area contributed by atoms with Crippen molar-refractivity contribution in [3.05, 3.63) is 36.0 Å². The van der Waals surface area contributed by atoms with Crippen LogP contribution in [-0.4, -0.2) is 23.3 Å². The van der Waals surface area contributed by atoms with Gasteiger partial charge in [0.05, 0.1) is 5.56 Å². The Morgan fingerprint density at radius 2 is 1.89 bits per heavy atom. The molecule has 1 aromatic heterocycles. The summed E-state index contributed by atoms with van der Waals surface area (Å²) in [7, 11) is 1.46. The van der Waals surface area contributed by atoms with E-state index in [1.807, 2.05) is 42.7 Å². The average molecular weight is 244 g/mol. The molecule has 0 bridgehead atoms. The molecule has 0 aliphatic rings. The van der Waals surface area contributed by atoms with Gasteiger partial charge in [-0.1, -0.05) is 18.2 Å². The van der Waals surface area contributed by atoms with Crippen LogP contribution in [0, 0.1) is 0 Å². The number of nitrogens with one attached hydrogen (secondary N) is 1. The molecule has 2 aromatic rings. The fraction of sp³-hybridized carbons (Fsp3) is 0.286. The van der Waals surface area contributed by atoms with Gasteiger partial charge in [-0.25, -0.2) is 0 Å². The van der Waals surface area contributed by atoms with Gasteiger partial charge in [0.25, 0.3) is 11.7 Å². The minimum Gasteiger partial charge on any atom is -0.352 e. The van der Waals surface area contributed by atoms with Crippen molar-refractivity contribution in [3.8, 4) is 0 Å². The fourth-order valence-electron chi connectivity index (χ4n) is 2.05. The Hall–Kier alpha value is -2.10. The Kier molecular flexibility index (Phi) is 3.19. The average Bonchev–Trinajstić information content (AvgIpc) is 2.76. The van der Waals surface area contributed by atoms with Crippen LogP contribution in [0.15, 0.2) is 30.5 Å². The lowest BCUT2D eigenvalue weighted by Crippen LogP contribution is -2.27. The number of hydrogen-bond donors (Lipinski definition) is 1. The molecule has 0 radical (unpaired) electrons. The van der Waals surface area contributed by atoms with Crippen molar-refractivity contribution in [1.82, 2.24) is 9.88 Å². The lowest BCUT2D eigenvalue weighted by Gasteiger charge is -2.08. The zero-order valence-corrected chi connectivity index (χ0v) is 10.7. The Morgan fingerprint density at radius 1 is 1.22 bits per heavy atom. The maximum absolute atomic E-state index is 12.0. The number of carbonyl (C=O) groups is 2. The van der Waals surface area contributed by atoms with Gasteiger partial charge in [0.15, 0.2) is 0 Å². The molecule has 4 heteroatoms. The number of carbonyl (C=O) groups excluding carboxylic acids is 2. The van der Waals surface area contributed by atoms with Crippen LogP contribution in [0.25, 0.3) is 10.9 Å². The van der Waals surface area contributed by atoms with Crippen molar-refractivity contribution in [2.45, 2.75) is 19.9 Å². The summed E-state index contributed by atoms with van der Waals surface area (Å²) in [5.41, 5.74) is 1.43. The number of benzene rings is 1. The van der Waals surface area contributed by atoms with Crippen molar-refractivity contribution < 1.29 is 9.59 Å². The van der Waals surface area contributed by atoms with E-state index in [-0.39, 0.29) is 6.04 Å². The van der Waals surface area contributed by atoms with E-state index in [1.165, 1.54) is 7.05 Å². The van der Waals surface area contributed by atoms with E-state index >= 15 is 0 Å². The molecule has 0 saturated carbocycles. The number of hydrogen-bond acceptors (Lipinski definition) is 2. The molecule has 0 fully saturated rings. The molecule has 18 heavy (non-hydrogen) atoms. The monoisotopic (exact) mass is 244 g/mol. The Morgan fingerprint density at radius 3 is 2.50 bits per heavy atom. The first kappa shape index (κ1) is 12.4. The topological polar surface area (TPSA) is 51.1 Å². The van der Waals surface area contributed by atoms with Crippen LogP contribution in [0.2, 0.25) is 0 Å². The van der Waals surface area contributed by atoms with Gasteiger partial charge in [0, 0.05) is 30.2 Å². The van der Waals surface area contributed by atoms with E-state index in [2.05, 4.69) is 5.32 Å². The number of amides is 1. The number of rotatable bonds is 3. The molecule has 4 nitrogen and oxygen atoms in total. The third-order valence-electron chi connectivity index (χ3n) is 2.97. The van der Waals surface area contributed by atoms with E-state index in [1.54, 1.807) is 6.20 Å². The third-order valence-corrected chi connectivity index (χ3v) is 2.97.